The average molecular weight is 300 g/mol. The van der Waals surface area contributed by atoms with E-state index in [4.69, 9.17) is 0 Å². The van der Waals surface area contributed by atoms with E-state index in [9.17, 15) is 23.6 Å². The lowest BCUT2D eigenvalue weighted by Gasteiger charge is -2.14. The van der Waals surface area contributed by atoms with Crippen LogP contribution in [0.5, 0.6) is 0 Å². The number of hydrogen-bond donors (Lipinski definition) is 2. The van der Waals surface area contributed by atoms with Crippen LogP contribution in [0.15, 0.2) is 23.1 Å². The van der Waals surface area contributed by atoms with E-state index in [1.165, 1.54) is 25.1 Å². The van der Waals surface area contributed by atoms with Gasteiger partial charge < -0.3 is 5.11 Å². The van der Waals surface area contributed by atoms with Crippen molar-refractivity contribution in [3.8, 4) is 0 Å². The third kappa shape index (κ3) is 2.82. The molecule has 1 aromatic rings. The second kappa shape index (κ2) is 5.12. The summed E-state index contributed by atoms with van der Waals surface area (Å²) in [7, 11) is -3.97. The molecule has 0 aliphatic heterocycles. The van der Waals surface area contributed by atoms with Gasteiger partial charge in [0.25, 0.3) is 5.69 Å². The summed E-state index contributed by atoms with van der Waals surface area (Å²) in [5.41, 5.74) is -0.517. The topological polar surface area (TPSA) is 110 Å². The van der Waals surface area contributed by atoms with Crippen molar-refractivity contribution in [2.24, 2.45) is 5.41 Å². The van der Waals surface area contributed by atoms with Crippen LogP contribution in [0.2, 0.25) is 0 Å². The van der Waals surface area contributed by atoms with Crippen molar-refractivity contribution in [2.45, 2.75) is 24.7 Å². The maximum Gasteiger partial charge on any atom is 0.289 e. The Labute approximate surface area is 116 Å². The molecule has 0 spiro atoms. The molecule has 1 aromatic carbocycles. The van der Waals surface area contributed by atoms with Crippen molar-refractivity contribution in [1.29, 1.82) is 0 Å². The summed E-state index contributed by atoms with van der Waals surface area (Å²) in [5, 5.41) is 20.1. The molecule has 1 saturated carbocycles. The Bertz CT molecular complexity index is 637. The summed E-state index contributed by atoms with van der Waals surface area (Å²) in [6.45, 7) is 1.52. The van der Waals surface area contributed by atoms with Gasteiger partial charge >= 0.3 is 0 Å². The highest BCUT2D eigenvalue weighted by Gasteiger charge is 2.43. The predicted molar refractivity (Wildman–Crippen MR) is 71.8 cm³/mol. The first kappa shape index (κ1) is 14.9. The van der Waals surface area contributed by atoms with Gasteiger partial charge in [-0.1, -0.05) is 12.1 Å². The van der Waals surface area contributed by atoms with Gasteiger partial charge in [-0.2, -0.15) is 0 Å². The van der Waals surface area contributed by atoms with Gasteiger partial charge in [-0.05, 0) is 25.3 Å². The molecular weight excluding hydrogens is 284 g/mol. The van der Waals surface area contributed by atoms with E-state index in [0.29, 0.717) is 5.56 Å². The van der Waals surface area contributed by atoms with E-state index in [0.717, 1.165) is 12.8 Å². The zero-order chi connectivity index (χ0) is 15.0. The molecule has 0 bridgehead atoms. The second-order valence-electron chi connectivity index (χ2n) is 5.16. The molecule has 0 saturated heterocycles. The number of nitro benzene ring substituents is 1. The van der Waals surface area contributed by atoms with Gasteiger partial charge in [0, 0.05) is 24.6 Å². The number of nitro groups is 1. The number of hydrogen-bond acceptors (Lipinski definition) is 5. The van der Waals surface area contributed by atoms with Crippen LogP contribution >= 0.6 is 0 Å². The van der Waals surface area contributed by atoms with E-state index >= 15 is 0 Å². The van der Waals surface area contributed by atoms with Crippen LogP contribution in [0.25, 0.3) is 0 Å². The van der Waals surface area contributed by atoms with Crippen LogP contribution in [-0.2, 0) is 10.0 Å². The normalized spacial score (nSPS) is 16.9. The molecule has 8 heteroatoms. The van der Waals surface area contributed by atoms with Crippen LogP contribution < -0.4 is 4.72 Å². The molecule has 0 amide bonds. The maximum atomic E-state index is 12.3. The standard InChI is InChI=1S/C12H16N2O5S/c1-9-3-2-4-10(14(16)17)11(9)20(18,19)13-7-12(8-15)5-6-12/h2-4,13,15H,5-8H2,1H3. The Hall–Kier alpha value is -1.51. The number of nitrogens with one attached hydrogen (secondary N) is 1. The van der Waals surface area contributed by atoms with Crippen LogP contribution in [0.1, 0.15) is 18.4 Å². The summed E-state index contributed by atoms with van der Waals surface area (Å²) in [6, 6.07) is 4.13. The summed E-state index contributed by atoms with van der Waals surface area (Å²) in [6.07, 6.45) is 1.50. The van der Waals surface area contributed by atoms with E-state index < -0.39 is 26.0 Å². The van der Waals surface area contributed by atoms with Gasteiger partial charge in [-0.25, -0.2) is 13.1 Å². The highest BCUT2D eigenvalue weighted by Crippen LogP contribution is 2.44. The number of aliphatic hydroxyl groups excluding tert-OH is 1. The van der Waals surface area contributed by atoms with Gasteiger partial charge in [0.15, 0.2) is 4.90 Å². The van der Waals surface area contributed by atoms with Gasteiger partial charge in [0.1, 0.15) is 0 Å². The number of aliphatic hydroxyl groups is 1. The summed E-state index contributed by atoms with van der Waals surface area (Å²) in [4.78, 5) is 9.95. The summed E-state index contributed by atoms with van der Waals surface area (Å²) >= 11 is 0. The summed E-state index contributed by atoms with van der Waals surface area (Å²) in [5.74, 6) is 0. The number of rotatable bonds is 6. The van der Waals surface area contributed by atoms with Crippen LogP contribution in [0, 0.1) is 22.5 Å². The largest absolute Gasteiger partial charge is 0.396 e. The van der Waals surface area contributed by atoms with E-state index in [2.05, 4.69) is 4.72 Å². The highest BCUT2D eigenvalue weighted by molar-refractivity contribution is 7.89. The van der Waals surface area contributed by atoms with Gasteiger partial charge in [0.05, 0.1) is 4.92 Å². The van der Waals surface area contributed by atoms with Crippen LogP contribution in [-0.4, -0.2) is 31.6 Å². The molecule has 1 aliphatic carbocycles. The molecule has 7 nitrogen and oxygen atoms in total. The van der Waals surface area contributed by atoms with Crippen molar-refractivity contribution in [3.63, 3.8) is 0 Å². The number of nitrogens with zero attached hydrogens (tertiary/aromatic N) is 1. The third-order valence-corrected chi connectivity index (χ3v) is 5.18. The lowest BCUT2D eigenvalue weighted by molar-refractivity contribution is -0.387. The third-order valence-electron chi connectivity index (χ3n) is 3.59. The molecule has 1 fully saturated rings. The molecule has 0 unspecified atom stereocenters. The first-order valence-corrected chi connectivity index (χ1v) is 7.64. The Balaban J connectivity index is 2.32. The maximum absolute atomic E-state index is 12.3. The Kier molecular flexibility index (Phi) is 3.81. The molecular formula is C12H16N2O5S. The molecule has 0 aromatic heterocycles. The van der Waals surface area contributed by atoms with Gasteiger partial charge in [-0.3, -0.25) is 10.1 Å². The molecule has 1 aliphatic rings. The van der Waals surface area contributed by atoms with Crippen molar-refractivity contribution in [1.82, 2.24) is 4.72 Å². The number of sulfonamides is 1. The van der Waals surface area contributed by atoms with Crippen LogP contribution in [0.3, 0.4) is 0 Å². The van der Waals surface area contributed by atoms with E-state index in [1.54, 1.807) is 0 Å². The molecule has 0 heterocycles. The zero-order valence-corrected chi connectivity index (χ0v) is 11.8. The van der Waals surface area contributed by atoms with Crippen molar-refractivity contribution >= 4 is 15.7 Å². The number of benzene rings is 1. The number of aryl methyl sites for hydroxylation is 1. The molecule has 0 radical (unpaired) electrons. The predicted octanol–water partition coefficient (Wildman–Crippen LogP) is 0.954. The highest BCUT2D eigenvalue weighted by atomic mass is 32.2. The Morgan fingerprint density at radius 2 is 2.10 bits per heavy atom. The second-order valence-corrected chi connectivity index (χ2v) is 6.87. The smallest absolute Gasteiger partial charge is 0.289 e. The van der Waals surface area contributed by atoms with Gasteiger partial charge in [0.2, 0.25) is 10.0 Å². The molecule has 110 valence electrons. The minimum absolute atomic E-state index is 0.0919. The molecule has 20 heavy (non-hydrogen) atoms. The lowest BCUT2D eigenvalue weighted by Crippen LogP contribution is -2.32. The molecule has 0 atom stereocenters. The van der Waals surface area contributed by atoms with Crippen molar-refractivity contribution < 1.29 is 18.4 Å². The van der Waals surface area contributed by atoms with Crippen LogP contribution in [0.4, 0.5) is 5.69 Å². The first-order valence-electron chi connectivity index (χ1n) is 6.16. The SMILES string of the molecule is Cc1cccc([N+](=O)[O-])c1S(=O)(=O)NCC1(CO)CC1. The van der Waals surface area contributed by atoms with Gasteiger partial charge in [-0.15, -0.1) is 0 Å². The average Bonchev–Trinajstić information content (AvgIpc) is 3.16. The summed E-state index contributed by atoms with van der Waals surface area (Å²) < 4.78 is 26.9. The van der Waals surface area contributed by atoms with Crippen molar-refractivity contribution in [2.75, 3.05) is 13.2 Å². The lowest BCUT2D eigenvalue weighted by atomic mass is 10.1. The quantitative estimate of drug-likeness (QED) is 0.600. The fourth-order valence-corrected chi connectivity index (χ4v) is 3.57. The zero-order valence-electron chi connectivity index (χ0n) is 11.0. The minimum atomic E-state index is -3.97. The minimum Gasteiger partial charge on any atom is -0.396 e. The molecule has 2 rings (SSSR count). The van der Waals surface area contributed by atoms with E-state index in [1.807, 2.05) is 0 Å². The Morgan fingerprint density at radius 1 is 1.45 bits per heavy atom. The van der Waals surface area contributed by atoms with Crippen molar-refractivity contribution in [3.05, 3.63) is 33.9 Å². The fraction of sp³-hybridized carbons (Fsp3) is 0.500. The molecule has 2 N–H and O–H groups in total. The first-order chi connectivity index (χ1) is 9.31. The van der Waals surface area contributed by atoms with E-state index in [-0.39, 0.29) is 18.0 Å². The monoisotopic (exact) mass is 300 g/mol. The fourth-order valence-electron chi connectivity index (χ4n) is 2.02. The Morgan fingerprint density at radius 3 is 2.60 bits per heavy atom.